The van der Waals surface area contributed by atoms with E-state index in [0.717, 1.165) is 5.56 Å². The Bertz CT molecular complexity index is 641. The van der Waals surface area contributed by atoms with Crippen LogP contribution in [0, 0.1) is 6.92 Å². The smallest absolute Gasteiger partial charge is 0.237 e. The van der Waals surface area contributed by atoms with Crippen LogP contribution < -0.4 is 11.1 Å². The Labute approximate surface area is 119 Å². The lowest BCUT2D eigenvalue weighted by molar-refractivity contribution is -0.113. The second-order valence-corrected chi connectivity index (χ2v) is 5.67. The number of nitrogen functional groups attached to an aromatic ring is 1. The van der Waals surface area contributed by atoms with Gasteiger partial charge in [-0.1, -0.05) is 17.7 Å². The molecule has 104 valence electrons. The molecule has 0 spiro atoms. The largest absolute Gasteiger partial charge is 0.396 e. The summed E-state index contributed by atoms with van der Waals surface area (Å²) >= 11 is 0. The van der Waals surface area contributed by atoms with Crippen molar-refractivity contribution >= 4 is 28.1 Å². The summed E-state index contributed by atoms with van der Waals surface area (Å²) in [7, 11) is -1.55. The van der Waals surface area contributed by atoms with Gasteiger partial charge < -0.3 is 11.1 Å². The van der Waals surface area contributed by atoms with Crippen LogP contribution in [-0.2, 0) is 15.6 Å². The minimum absolute atomic E-state index is 0.172. The minimum atomic E-state index is -1.55. The van der Waals surface area contributed by atoms with Crippen molar-refractivity contribution in [3.8, 4) is 0 Å². The molecule has 0 aliphatic heterocycles. The standard InChI is InChI=1S/C14H15N3O2S/c1-10-4-6-11(7-5-10)17-13(18)9-20(19)14-12(15)3-2-8-16-14/h2-8H,9,15H2,1H3,(H,17,18). The van der Waals surface area contributed by atoms with E-state index in [-0.39, 0.29) is 16.7 Å². The molecule has 1 aromatic carbocycles. The number of nitrogens with one attached hydrogen (secondary N) is 1. The second-order valence-electron chi connectivity index (χ2n) is 4.30. The summed E-state index contributed by atoms with van der Waals surface area (Å²) in [4.78, 5) is 15.8. The van der Waals surface area contributed by atoms with Gasteiger partial charge in [0.2, 0.25) is 5.91 Å². The van der Waals surface area contributed by atoms with Crippen molar-refractivity contribution in [1.82, 2.24) is 4.98 Å². The van der Waals surface area contributed by atoms with Crippen LogP contribution >= 0.6 is 0 Å². The van der Waals surface area contributed by atoms with Gasteiger partial charge in [-0.15, -0.1) is 0 Å². The fourth-order valence-electron chi connectivity index (χ4n) is 1.61. The molecule has 0 aliphatic rings. The Balaban J connectivity index is 2.00. The topological polar surface area (TPSA) is 85.1 Å². The maximum atomic E-state index is 12.0. The number of amides is 1. The minimum Gasteiger partial charge on any atom is -0.396 e. The molecule has 0 bridgehead atoms. The van der Waals surface area contributed by atoms with Gasteiger partial charge in [-0.05, 0) is 31.2 Å². The maximum Gasteiger partial charge on any atom is 0.237 e. The number of rotatable bonds is 4. The molecule has 0 radical (unpaired) electrons. The summed E-state index contributed by atoms with van der Waals surface area (Å²) in [6.07, 6.45) is 1.50. The van der Waals surface area contributed by atoms with Crippen molar-refractivity contribution in [2.24, 2.45) is 0 Å². The number of nitrogens with two attached hydrogens (primary N) is 1. The Morgan fingerprint density at radius 1 is 1.30 bits per heavy atom. The SMILES string of the molecule is Cc1ccc(NC(=O)CS(=O)c2ncccc2N)cc1. The van der Waals surface area contributed by atoms with Crippen molar-refractivity contribution in [1.29, 1.82) is 0 Å². The van der Waals surface area contributed by atoms with Crippen LogP contribution in [0.2, 0.25) is 0 Å². The van der Waals surface area contributed by atoms with Crippen molar-refractivity contribution in [2.75, 3.05) is 16.8 Å². The zero-order valence-corrected chi connectivity index (χ0v) is 11.8. The third-order valence-electron chi connectivity index (χ3n) is 2.61. The lowest BCUT2D eigenvalue weighted by Crippen LogP contribution is -2.20. The molecule has 2 aromatic rings. The highest BCUT2D eigenvalue weighted by molar-refractivity contribution is 7.85. The normalized spacial score (nSPS) is 11.8. The highest BCUT2D eigenvalue weighted by Gasteiger charge is 2.14. The van der Waals surface area contributed by atoms with Crippen LogP contribution in [0.25, 0.3) is 0 Å². The van der Waals surface area contributed by atoms with E-state index in [1.54, 1.807) is 24.3 Å². The highest BCUT2D eigenvalue weighted by atomic mass is 32.2. The van der Waals surface area contributed by atoms with Crippen molar-refractivity contribution in [3.05, 3.63) is 48.2 Å². The van der Waals surface area contributed by atoms with E-state index < -0.39 is 10.8 Å². The Kier molecular flexibility index (Phi) is 4.47. The molecule has 20 heavy (non-hydrogen) atoms. The first-order chi connectivity index (χ1) is 9.56. The Morgan fingerprint density at radius 2 is 2.00 bits per heavy atom. The number of hydrogen-bond acceptors (Lipinski definition) is 4. The fraction of sp³-hybridized carbons (Fsp3) is 0.143. The van der Waals surface area contributed by atoms with Crippen LogP contribution in [0.4, 0.5) is 11.4 Å². The number of hydrogen-bond donors (Lipinski definition) is 2. The van der Waals surface area contributed by atoms with Crippen molar-refractivity contribution in [2.45, 2.75) is 11.9 Å². The predicted molar refractivity (Wildman–Crippen MR) is 79.7 cm³/mol. The molecule has 0 aliphatic carbocycles. The predicted octanol–water partition coefficient (Wildman–Crippen LogP) is 1.72. The van der Waals surface area contributed by atoms with E-state index in [2.05, 4.69) is 10.3 Å². The van der Waals surface area contributed by atoms with Crippen LogP contribution in [0.5, 0.6) is 0 Å². The van der Waals surface area contributed by atoms with Gasteiger partial charge in [-0.25, -0.2) is 4.98 Å². The molecule has 1 heterocycles. The average molecular weight is 289 g/mol. The van der Waals surface area contributed by atoms with Gasteiger partial charge >= 0.3 is 0 Å². The number of aromatic nitrogens is 1. The van der Waals surface area contributed by atoms with Gasteiger partial charge in [0, 0.05) is 11.9 Å². The van der Waals surface area contributed by atoms with Gasteiger partial charge in [0.05, 0.1) is 16.5 Å². The summed E-state index contributed by atoms with van der Waals surface area (Å²) in [6, 6.07) is 10.6. The number of aryl methyl sites for hydroxylation is 1. The van der Waals surface area contributed by atoms with E-state index in [9.17, 15) is 9.00 Å². The molecular weight excluding hydrogens is 274 g/mol. The van der Waals surface area contributed by atoms with Crippen LogP contribution in [-0.4, -0.2) is 20.9 Å². The lowest BCUT2D eigenvalue weighted by atomic mass is 10.2. The number of carbonyl (C=O) groups is 1. The van der Waals surface area contributed by atoms with Gasteiger partial charge in [-0.3, -0.25) is 9.00 Å². The van der Waals surface area contributed by atoms with E-state index in [1.807, 2.05) is 19.1 Å². The fourth-order valence-corrected chi connectivity index (χ4v) is 2.57. The quantitative estimate of drug-likeness (QED) is 0.897. The number of benzene rings is 1. The Hall–Kier alpha value is -2.21. The monoisotopic (exact) mass is 289 g/mol. The first-order valence-electron chi connectivity index (χ1n) is 6.01. The first kappa shape index (κ1) is 14.2. The molecule has 2 rings (SSSR count). The molecule has 3 N–H and O–H groups in total. The summed E-state index contributed by atoms with van der Waals surface area (Å²) in [5, 5.41) is 2.93. The van der Waals surface area contributed by atoms with Crippen LogP contribution in [0.3, 0.4) is 0 Å². The highest BCUT2D eigenvalue weighted by Crippen LogP contribution is 2.13. The summed E-state index contributed by atoms with van der Waals surface area (Å²) in [5.74, 6) is -0.507. The zero-order chi connectivity index (χ0) is 14.5. The van der Waals surface area contributed by atoms with Crippen molar-refractivity contribution in [3.63, 3.8) is 0 Å². The summed E-state index contributed by atoms with van der Waals surface area (Å²) in [5.41, 5.74) is 7.78. The lowest BCUT2D eigenvalue weighted by Gasteiger charge is -2.06. The molecule has 0 saturated heterocycles. The zero-order valence-electron chi connectivity index (χ0n) is 11.0. The average Bonchev–Trinajstić information content (AvgIpc) is 2.41. The third kappa shape index (κ3) is 3.64. The van der Waals surface area contributed by atoms with E-state index in [0.29, 0.717) is 11.4 Å². The van der Waals surface area contributed by atoms with Crippen LogP contribution in [0.15, 0.2) is 47.6 Å². The molecule has 1 aromatic heterocycles. The number of anilines is 2. The first-order valence-corrected chi connectivity index (χ1v) is 7.33. The molecule has 0 saturated carbocycles. The molecular formula is C14H15N3O2S. The number of nitrogens with zero attached hydrogens (tertiary/aromatic N) is 1. The van der Waals surface area contributed by atoms with E-state index >= 15 is 0 Å². The second kappa shape index (κ2) is 6.29. The van der Waals surface area contributed by atoms with Crippen LogP contribution in [0.1, 0.15) is 5.56 Å². The molecule has 1 atom stereocenters. The Morgan fingerprint density at radius 3 is 2.65 bits per heavy atom. The molecule has 1 unspecified atom stereocenters. The van der Waals surface area contributed by atoms with Gasteiger partial charge in [0.1, 0.15) is 5.75 Å². The van der Waals surface area contributed by atoms with Gasteiger partial charge in [0.15, 0.2) is 5.03 Å². The maximum absolute atomic E-state index is 12.0. The number of carbonyl (C=O) groups excluding carboxylic acids is 1. The molecule has 1 amide bonds. The van der Waals surface area contributed by atoms with Gasteiger partial charge in [-0.2, -0.15) is 0 Å². The van der Waals surface area contributed by atoms with Crippen molar-refractivity contribution < 1.29 is 9.00 Å². The van der Waals surface area contributed by atoms with E-state index in [1.165, 1.54) is 6.20 Å². The molecule has 0 fully saturated rings. The number of pyridine rings is 1. The third-order valence-corrected chi connectivity index (χ3v) is 3.91. The van der Waals surface area contributed by atoms with Gasteiger partial charge in [0.25, 0.3) is 0 Å². The molecule has 6 heteroatoms. The van der Waals surface area contributed by atoms with E-state index in [4.69, 9.17) is 5.73 Å². The summed E-state index contributed by atoms with van der Waals surface area (Å²) < 4.78 is 12.0. The summed E-state index contributed by atoms with van der Waals surface area (Å²) in [6.45, 7) is 1.96. The molecule has 5 nitrogen and oxygen atoms in total.